The molecule has 0 saturated carbocycles. The summed E-state index contributed by atoms with van der Waals surface area (Å²) in [5.74, 6) is 0. The second-order valence-electron chi connectivity index (χ2n) is 2.69. The summed E-state index contributed by atoms with van der Waals surface area (Å²) in [6.45, 7) is 4.19. The first-order chi connectivity index (χ1) is 8.36. The van der Waals surface area contributed by atoms with Gasteiger partial charge in [-0.2, -0.15) is 13.2 Å². The van der Waals surface area contributed by atoms with Gasteiger partial charge in [-0.15, -0.1) is 0 Å². The van der Waals surface area contributed by atoms with Gasteiger partial charge in [0, 0.05) is 17.5 Å². The number of alkyl halides is 3. The van der Waals surface area contributed by atoms with Crippen LogP contribution in [0.3, 0.4) is 0 Å². The summed E-state index contributed by atoms with van der Waals surface area (Å²) in [5.41, 5.74) is 0.776. The fourth-order valence-electron chi connectivity index (χ4n) is 0.698. The smallest absolute Gasteiger partial charge is 0.329 e. The van der Waals surface area contributed by atoms with E-state index >= 15 is 0 Å². The molecule has 0 aliphatic heterocycles. The number of carbonyl (C=O) groups excluding carboxylic acids is 1. The van der Waals surface area contributed by atoms with Crippen molar-refractivity contribution in [3.05, 3.63) is 24.3 Å². The Hall–Kier alpha value is -1.21. The Labute approximate surface area is 109 Å². The SMILES string of the molecule is CC.CC(F)(F)F.NSc1ccc(NC=O)cc1. The van der Waals surface area contributed by atoms with Crippen molar-refractivity contribution in [2.75, 3.05) is 5.32 Å². The number of halogens is 3. The maximum Gasteiger partial charge on any atom is 0.386 e. The number of carbonyl (C=O) groups is 1. The molecule has 0 radical (unpaired) electrons. The van der Waals surface area contributed by atoms with E-state index in [1.807, 2.05) is 26.0 Å². The van der Waals surface area contributed by atoms with Crippen LogP contribution in [0.4, 0.5) is 18.9 Å². The lowest BCUT2D eigenvalue weighted by Gasteiger charge is -1.98. The first-order valence-electron chi connectivity index (χ1n) is 5.10. The van der Waals surface area contributed by atoms with Crippen LogP contribution in [0.2, 0.25) is 0 Å². The minimum absolute atomic E-state index is 0.188. The summed E-state index contributed by atoms with van der Waals surface area (Å²) >= 11 is 1.18. The van der Waals surface area contributed by atoms with Crippen molar-refractivity contribution >= 4 is 24.0 Å². The number of hydrogen-bond acceptors (Lipinski definition) is 3. The van der Waals surface area contributed by atoms with Crippen molar-refractivity contribution < 1.29 is 18.0 Å². The van der Waals surface area contributed by atoms with Crippen molar-refractivity contribution in [3.63, 3.8) is 0 Å². The maximum absolute atomic E-state index is 10.4. The zero-order valence-corrected chi connectivity index (χ0v) is 11.2. The third-order valence-electron chi connectivity index (χ3n) is 1.22. The van der Waals surface area contributed by atoms with Crippen molar-refractivity contribution in [2.24, 2.45) is 5.14 Å². The molecule has 0 spiro atoms. The molecular formula is C11H17F3N2OS. The van der Waals surface area contributed by atoms with Crippen LogP contribution >= 0.6 is 11.9 Å². The van der Waals surface area contributed by atoms with Crippen molar-refractivity contribution in [1.29, 1.82) is 0 Å². The van der Waals surface area contributed by atoms with E-state index in [1.54, 1.807) is 12.1 Å². The third-order valence-corrected chi connectivity index (χ3v) is 1.76. The van der Waals surface area contributed by atoms with Gasteiger partial charge in [0.05, 0.1) is 0 Å². The van der Waals surface area contributed by atoms with Gasteiger partial charge in [0.25, 0.3) is 0 Å². The van der Waals surface area contributed by atoms with Gasteiger partial charge >= 0.3 is 6.18 Å². The number of benzene rings is 1. The fraction of sp³-hybridized carbons (Fsp3) is 0.364. The first-order valence-corrected chi connectivity index (χ1v) is 5.98. The van der Waals surface area contributed by atoms with Crippen LogP contribution in [0, 0.1) is 0 Å². The van der Waals surface area contributed by atoms with E-state index in [-0.39, 0.29) is 6.92 Å². The van der Waals surface area contributed by atoms with E-state index in [0.717, 1.165) is 10.6 Å². The molecule has 3 N–H and O–H groups in total. The number of rotatable bonds is 3. The first kappa shape index (κ1) is 19.1. The summed E-state index contributed by atoms with van der Waals surface area (Å²) < 4.78 is 31.1. The molecule has 0 aliphatic carbocycles. The van der Waals surface area contributed by atoms with Gasteiger partial charge in [-0.05, 0) is 36.2 Å². The molecule has 0 atom stereocenters. The summed E-state index contributed by atoms with van der Waals surface area (Å²) in [5, 5.41) is 7.83. The standard InChI is InChI=1S/C7H8N2OS.C2H3F3.C2H6/c8-11-7-3-1-6(2-4-7)9-5-10;1-2(3,4)5;1-2/h1-5H,8H2,(H,9,10);1H3;1-2H3. The molecule has 104 valence electrons. The number of amides is 1. The summed E-state index contributed by atoms with van der Waals surface area (Å²) in [7, 11) is 0. The highest BCUT2D eigenvalue weighted by atomic mass is 32.2. The van der Waals surface area contributed by atoms with Gasteiger partial charge in [0.1, 0.15) is 0 Å². The second-order valence-corrected chi connectivity index (χ2v) is 3.39. The highest BCUT2D eigenvalue weighted by Crippen LogP contribution is 2.14. The molecule has 1 aromatic carbocycles. The number of nitrogens with two attached hydrogens (primary N) is 1. The molecule has 1 amide bonds. The highest BCUT2D eigenvalue weighted by Gasteiger charge is 2.15. The average Bonchev–Trinajstić information content (AvgIpc) is 2.31. The molecule has 0 unspecified atom stereocenters. The normalized spacial score (nSPS) is 9.28. The minimum atomic E-state index is -4.00. The van der Waals surface area contributed by atoms with Crippen LogP contribution in [0.1, 0.15) is 20.8 Å². The molecular weight excluding hydrogens is 265 g/mol. The number of nitrogens with one attached hydrogen (secondary N) is 1. The van der Waals surface area contributed by atoms with Gasteiger partial charge in [-0.3, -0.25) is 9.93 Å². The van der Waals surface area contributed by atoms with E-state index in [4.69, 9.17) is 5.14 Å². The van der Waals surface area contributed by atoms with Crippen LogP contribution in [-0.4, -0.2) is 12.6 Å². The van der Waals surface area contributed by atoms with Gasteiger partial charge in [0.2, 0.25) is 6.41 Å². The van der Waals surface area contributed by atoms with Gasteiger partial charge in [0.15, 0.2) is 0 Å². The lowest BCUT2D eigenvalue weighted by molar-refractivity contribution is -0.110. The zero-order chi connectivity index (χ0) is 14.6. The lowest BCUT2D eigenvalue weighted by atomic mass is 10.3. The summed E-state index contributed by atoms with van der Waals surface area (Å²) in [4.78, 5) is 11.0. The lowest BCUT2D eigenvalue weighted by Crippen LogP contribution is -1.95. The Morgan fingerprint density at radius 2 is 1.61 bits per heavy atom. The predicted octanol–water partition coefficient (Wildman–Crippen LogP) is 3.82. The van der Waals surface area contributed by atoms with E-state index < -0.39 is 6.18 Å². The van der Waals surface area contributed by atoms with Crippen molar-refractivity contribution in [3.8, 4) is 0 Å². The fourth-order valence-corrected chi connectivity index (χ4v) is 0.991. The largest absolute Gasteiger partial charge is 0.386 e. The zero-order valence-electron chi connectivity index (χ0n) is 10.4. The van der Waals surface area contributed by atoms with Crippen molar-refractivity contribution in [1.82, 2.24) is 0 Å². The maximum atomic E-state index is 10.4. The van der Waals surface area contributed by atoms with E-state index in [1.165, 1.54) is 11.9 Å². The predicted molar refractivity (Wildman–Crippen MR) is 69.3 cm³/mol. The molecule has 18 heavy (non-hydrogen) atoms. The molecule has 1 aromatic rings. The second kappa shape index (κ2) is 10.9. The molecule has 0 heterocycles. The molecule has 0 aliphatic rings. The molecule has 0 saturated heterocycles. The molecule has 1 rings (SSSR count). The van der Waals surface area contributed by atoms with Gasteiger partial charge < -0.3 is 5.32 Å². The summed E-state index contributed by atoms with van der Waals surface area (Å²) in [6, 6.07) is 7.28. The van der Waals surface area contributed by atoms with Crippen LogP contribution in [0.5, 0.6) is 0 Å². The number of anilines is 1. The Bertz CT molecular complexity index is 309. The Morgan fingerprint density at radius 1 is 1.22 bits per heavy atom. The number of hydrogen-bond donors (Lipinski definition) is 2. The molecule has 3 nitrogen and oxygen atoms in total. The Balaban J connectivity index is 0. The molecule has 0 bridgehead atoms. The Morgan fingerprint density at radius 3 is 1.89 bits per heavy atom. The van der Waals surface area contributed by atoms with Crippen LogP contribution < -0.4 is 10.5 Å². The van der Waals surface area contributed by atoms with Gasteiger partial charge in [-0.1, -0.05) is 13.8 Å². The highest BCUT2D eigenvalue weighted by molar-refractivity contribution is 7.97. The van der Waals surface area contributed by atoms with E-state index in [0.29, 0.717) is 6.41 Å². The average molecular weight is 282 g/mol. The Kier molecular flexibility index (Phi) is 11.6. The monoisotopic (exact) mass is 282 g/mol. The molecule has 0 fully saturated rings. The third kappa shape index (κ3) is 14.8. The van der Waals surface area contributed by atoms with Crippen molar-refractivity contribution in [2.45, 2.75) is 31.8 Å². The van der Waals surface area contributed by atoms with Crippen LogP contribution in [0.15, 0.2) is 29.2 Å². The summed E-state index contributed by atoms with van der Waals surface area (Å²) in [6.07, 6.45) is -3.36. The topological polar surface area (TPSA) is 55.1 Å². The molecule has 7 heteroatoms. The van der Waals surface area contributed by atoms with E-state index in [2.05, 4.69) is 5.32 Å². The van der Waals surface area contributed by atoms with Crippen LogP contribution in [0.25, 0.3) is 0 Å². The van der Waals surface area contributed by atoms with E-state index in [9.17, 15) is 18.0 Å². The van der Waals surface area contributed by atoms with Crippen LogP contribution in [-0.2, 0) is 4.79 Å². The quantitative estimate of drug-likeness (QED) is 0.654. The molecule has 0 aromatic heterocycles. The van der Waals surface area contributed by atoms with Gasteiger partial charge in [-0.25, -0.2) is 0 Å². The minimum Gasteiger partial charge on any atom is -0.329 e.